The van der Waals surface area contributed by atoms with E-state index in [0.717, 1.165) is 36.9 Å². The minimum absolute atomic E-state index is 0.0335. The number of para-hydroxylation sites is 1. The molecule has 3 heterocycles. The summed E-state index contributed by atoms with van der Waals surface area (Å²) in [6.07, 6.45) is 4.28. The first-order valence-corrected chi connectivity index (χ1v) is 12.0. The van der Waals surface area contributed by atoms with Gasteiger partial charge in [0.25, 0.3) is 15.9 Å². The van der Waals surface area contributed by atoms with Crippen LogP contribution in [0, 0.1) is 0 Å². The van der Waals surface area contributed by atoms with Gasteiger partial charge in [-0.1, -0.05) is 36.2 Å². The number of carbonyl (C=O) groups excluding carboxylic acids is 1. The van der Waals surface area contributed by atoms with E-state index in [9.17, 15) is 13.2 Å². The number of halogens is 1. The zero-order valence-corrected chi connectivity index (χ0v) is 18.2. The van der Waals surface area contributed by atoms with E-state index in [1.54, 1.807) is 11.0 Å². The van der Waals surface area contributed by atoms with E-state index in [1.165, 1.54) is 6.07 Å². The smallest absolute Gasteiger partial charge is 0.286 e. The maximum atomic E-state index is 13.5. The van der Waals surface area contributed by atoms with Gasteiger partial charge in [-0.2, -0.15) is 8.42 Å². The molecule has 156 valence electrons. The van der Waals surface area contributed by atoms with Gasteiger partial charge in [0.2, 0.25) is 0 Å². The number of anilines is 2. The van der Waals surface area contributed by atoms with Crippen LogP contribution < -0.4 is 9.80 Å². The third-order valence-electron chi connectivity index (χ3n) is 6.09. The molecule has 1 atom stereocenters. The van der Waals surface area contributed by atoms with E-state index >= 15 is 0 Å². The van der Waals surface area contributed by atoms with Crippen LogP contribution in [0.1, 0.15) is 48.5 Å². The highest BCUT2D eigenvalue weighted by Crippen LogP contribution is 2.40. The van der Waals surface area contributed by atoms with Crippen molar-refractivity contribution < 1.29 is 13.2 Å². The average Bonchev–Trinajstić information content (AvgIpc) is 2.86. The lowest BCUT2D eigenvalue weighted by molar-refractivity contribution is 0.0981. The molecule has 8 heteroatoms. The highest BCUT2D eigenvalue weighted by Gasteiger charge is 2.36. The van der Waals surface area contributed by atoms with Crippen molar-refractivity contribution in [2.24, 2.45) is 4.40 Å². The number of hydrogen-bond acceptors (Lipinski definition) is 4. The summed E-state index contributed by atoms with van der Waals surface area (Å²) in [5.74, 6) is 0.276. The lowest BCUT2D eigenvalue weighted by Gasteiger charge is -2.30. The molecule has 1 unspecified atom stereocenters. The minimum Gasteiger partial charge on any atom is -0.328 e. The van der Waals surface area contributed by atoms with E-state index in [-0.39, 0.29) is 27.4 Å². The zero-order chi connectivity index (χ0) is 21.0. The normalized spacial score (nSPS) is 21.9. The van der Waals surface area contributed by atoms with Crippen molar-refractivity contribution in [3.63, 3.8) is 0 Å². The van der Waals surface area contributed by atoms with Gasteiger partial charge in [0.15, 0.2) is 0 Å². The van der Waals surface area contributed by atoms with Gasteiger partial charge in [-0.15, -0.1) is 4.40 Å². The van der Waals surface area contributed by atoms with Crippen molar-refractivity contribution in [2.75, 3.05) is 16.3 Å². The summed E-state index contributed by atoms with van der Waals surface area (Å²) in [7, 11) is -3.88. The molecule has 6 nitrogen and oxygen atoms in total. The number of fused-ring (bicyclic) bond motifs is 4. The van der Waals surface area contributed by atoms with E-state index in [2.05, 4.69) is 4.40 Å². The molecule has 0 radical (unpaired) electrons. The molecule has 1 saturated heterocycles. The van der Waals surface area contributed by atoms with Crippen LogP contribution in [0.25, 0.3) is 0 Å². The van der Waals surface area contributed by atoms with Crippen molar-refractivity contribution >= 4 is 44.7 Å². The summed E-state index contributed by atoms with van der Waals surface area (Å²) in [5, 5.41) is 0.260. The molecule has 0 N–H and O–H groups in total. The fourth-order valence-electron chi connectivity index (χ4n) is 4.67. The fraction of sp³-hybridized carbons (Fsp3) is 0.364. The molecule has 5 rings (SSSR count). The fourth-order valence-corrected chi connectivity index (χ4v) is 6.17. The molecule has 3 aliphatic rings. The molecule has 0 aromatic heterocycles. The maximum Gasteiger partial charge on any atom is 0.286 e. The summed E-state index contributed by atoms with van der Waals surface area (Å²) in [4.78, 5) is 17.2. The van der Waals surface area contributed by atoms with Gasteiger partial charge in [0.1, 0.15) is 10.7 Å². The van der Waals surface area contributed by atoms with Gasteiger partial charge in [-0.25, -0.2) is 0 Å². The summed E-state index contributed by atoms with van der Waals surface area (Å²) >= 11 is 6.57. The quantitative estimate of drug-likeness (QED) is 0.654. The van der Waals surface area contributed by atoms with Gasteiger partial charge in [0, 0.05) is 24.7 Å². The van der Waals surface area contributed by atoms with Gasteiger partial charge in [0.05, 0.1) is 16.3 Å². The summed E-state index contributed by atoms with van der Waals surface area (Å²) in [6, 6.07) is 10.8. The Kier molecular flexibility index (Phi) is 4.63. The molecule has 1 fully saturated rings. The van der Waals surface area contributed by atoms with Crippen LogP contribution in [-0.2, 0) is 16.4 Å². The van der Waals surface area contributed by atoms with Crippen molar-refractivity contribution in [1.82, 2.24) is 0 Å². The predicted molar refractivity (Wildman–Crippen MR) is 118 cm³/mol. The number of amidine groups is 1. The first-order chi connectivity index (χ1) is 14.4. The Morgan fingerprint density at radius 1 is 1.13 bits per heavy atom. The van der Waals surface area contributed by atoms with E-state index in [1.807, 2.05) is 36.1 Å². The number of hydrogen-bond donors (Lipinski definition) is 0. The first kappa shape index (κ1) is 19.6. The molecule has 0 aliphatic carbocycles. The molecule has 30 heavy (non-hydrogen) atoms. The number of amides is 1. The molecule has 2 aromatic carbocycles. The van der Waals surface area contributed by atoms with Crippen LogP contribution >= 0.6 is 11.6 Å². The number of nitrogens with zero attached hydrogens (tertiary/aromatic N) is 3. The van der Waals surface area contributed by atoms with Crippen LogP contribution in [-0.4, -0.2) is 32.7 Å². The largest absolute Gasteiger partial charge is 0.328 e. The van der Waals surface area contributed by atoms with Crippen LogP contribution in [0.5, 0.6) is 0 Å². The van der Waals surface area contributed by atoms with Crippen LogP contribution in [0.4, 0.5) is 11.4 Å². The lowest BCUT2D eigenvalue weighted by Crippen LogP contribution is -2.37. The molecule has 0 saturated carbocycles. The second-order valence-corrected chi connectivity index (χ2v) is 10.1. The molecular formula is C22H22ClN3O3S. The molecular weight excluding hydrogens is 422 g/mol. The Morgan fingerprint density at radius 3 is 2.77 bits per heavy atom. The summed E-state index contributed by atoms with van der Waals surface area (Å²) in [5.41, 5.74) is 2.66. The predicted octanol–water partition coefficient (Wildman–Crippen LogP) is 4.41. The lowest BCUT2D eigenvalue weighted by atomic mass is 10.1. The summed E-state index contributed by atoms with van der Waals surface area (Å²) in [6.45, 7) is 2.68. The minimum atomic E-state index is -3.88. The van der Waals surface area contributed by atoms with E-state index in [4.69, 9.17) is 11.6 Å². The third-order valence-corrected chi connectivity index (χ3v) is 7.74. The topological polar surface area (TPSA) is 70.1 Å². The van der Waals surface area contributed by atoms with Crippen molar-refractivity contribution in [3.05, 3.63) is 52.5 Å². The van der Waals surface area contributed by atoms with E-state index in [0.29, 0.717) is 24.5 Å². The van der Waals surface area contributed by atoms with Crippen LogP contribution in [0.3, 0.4) is 0 Å². The van der Waals surface area contributed by atoms with Crippen molar-refractivity contribution in [1.29, 1.82) is 0 Å². The van der Waals surface area contributed by atoms with Crippen LogP contribution in [0.15, 0.2) is 45.7 Å². The monoisotopic (exact) mass is 443 g/mol. The maximum absolute atomic E-state index is 13.5. The Bertz CT molecular complexity index is 1190. The van der Waals surface area contributed by atoms with Crippen molar-refractivity contribution in [3.8, 4) is 0 Å². The third kappa shape index (κ3) is 3.03. The van der Waals surface area contributed by atoms with Gasteiger partial charge in [-0.05, 0) is 49.9 Å². The Labute approximate surface area is 181 Å². The highest BCUT2D eigenvalue weighted by molar-refractivity contribution is 7.90. The molecule has 0 spiro atoms. The van der Waals surface area contributed by atoms with Gasteiger partial charge < -0.3 is 9.80 Å². The van der Waals surface area contributed by atoms with Crippen LogP contribution in [0.2, 0.25) is 5.02 Å². The Hall–Kier alpha value is -2.38. The second kappa shape index (κ2) is 7.10. The summed E-state index contributed by atoms with van der Waals surface area (Å²) < 4.78 is 29.9. The number of rotatable bonds is 1. The molecule has 3 aliphatic heterocycles. The molecule has 0 bridgehead atoms. The SMILES string of the molecule is CC1Cc2ccccc2N1C(=O)c1cc2c(cc1Cl)N1CCCCCC1=NS2(=O)=O. The molecule has 1 amide bonds. The number of benzene rings is 2. The Balaban J connectivity index is 1.61. The zero-order valence-electron chi connectivity index (χ0n) is 16.6. The second-order valence-electron chi connectivity index (χ2n) is 8.10. The number of sulfonamides is 1. The Morgan fingerprint density at radius 2 is 1.93 bits per heavy atom. The van der Waals surface area contributed by atoms with Gasteiger partial charge >= 0.3 is 0 Å². The first-order valence-electron chi connectivity index (χ1n) is 10.2. The van der Waals surface area contributed by atoms with E-state index < -0.39 is 10.0 Å². The average molecular weight is 444 g/mol. The highest BCUT2D eigenvalue weighted by atomic mass is 35.5. The van der Waals surface area contributed by atoms with Gasteiger partial charge in [-0.3, -0.25) is 4.79 Å². The van der Waals surface area contributed by atoms with Crippen molar-refractivity contribution in [2.45, 2.75) is 50.0 Å². The standard InChI is InChI=1S/C22H22ClN3O3S/c1-14-11-15-7-4-5-8-18(15)26(14)22(27)16-12-20-19(13-17(16)23)25-10-6-2-3-9-21(25)24-30(20,28)29/h4-5,7-8,12-14H,2-3,6,9-11H2,1H3. The number of carbonyl (C=O) groups is 1. The molecule has 2 aromatic rings.